The first-order chi connectivity index (χ1) is 13.2. The van der Waals surface area contributed by atoms with Crippen LogP contribution in [0.2, 0.25) is 5.15 Å². The summed E-state index contributed by atoms with van der Waals surface area (Å²) in [4.78, 5) is 22.2. The molecule has 11 heteroatoms. The minimum Gasteiger partial charge on any atom is -0.325 e. The van der Waals surface area contributed by atoms with Crippen LogP contribution in [-0.2, 0) is 11.7 Å². The SMILES string of the molecule is [B]C([B])([B])n1c(=O)nc(N2CCCc3c2ccnc3Cl)c2c(F)c(F)ccc21. The van der Waals surface area contributed by atoms with Crippen LogP contribution in [0.4, 0.5) is 20.3 Å². The van der Waals surface area contributed by atoms with Crippen molar-refractivity contribution in [3.05, 3.63) is 57.2 Å². The largest absolute Gasteiger partial charge is 0.348 e. The molecule has 5 nitrogen and oxygen atoms in total. The summed E-state index contributed by atoms with van der Waals surface area (Å²) in [7, 11) is 17.0. The molecule has 2 aromatic heterocycles. The number of benzene rings is 1. The Hall–Kier alpha value is -2.35. The maximum absolute atomic E-state index is 14.9. The van der Waals surface area contributed by atoms with E-state index in [9.17, 15) is 13.6 Å². The van der Waals surface area contributed by atoms with Gasteiger partial charge in [0.1, 0.15) is 5.15 Å². The van der Waals surface area contributed by atoms with Crippen molar-refractivity contribution in [2.45, 2.75) is 18.1 Å². The third kappa shape index (κ3) is 2.90. The maximum atomic E-state index is 14.9. The highest BCUT2D eigenvalue weighted by atomic mass is 35.5. The molecule has 134 valence electrons. The van der Waals surface area contributed by atoms with E-state index in [1.807, 2.05) is 0 Å². The summed E-state index contributed by atoms with van der Waals surface area (Å²) in [5.74, 6) is -2.37. The second kappa shape index (κ2) is 6.62. The van der Waals surface area contributed by atoms with Crippen molar-refractivity contribution in [2.75, 3.05) is 11.4 Å². The van der Waals surface area contributed by atoms with Gasteiger partial charge in [-0.3, -0.25) is 0 Å². The molecular weight excluding hydrogens is 382 g/mol. The number of aromatic nitrogens is 3. The predicted octanol–water partition coefficient (Wildman–Crippen LogP) is 1.88. The minimum atomic E-state index is -2.15. The van der Waals surface area contributed by atoms with Crippen LogP contribution in [0.25, 0.3) is 10.9 Å². The number of pyridine rings is 1. The Kier molecular flexibility index (Phi) is 4.49. The summed E-state index contributed by atoms with van der Waals surface area (Å²) in [6.07, 6.45) is 2.79. The van der Waals surface area contributed by atoms with E-state index in [1.54, 1.807) is 11.0 Å². The molecule has 0 atom stereocenters. The molecule has 0 aliphatic carbocycles. The molecule has 0 unspecified atom stereocenters. The molecule has 3 heterocycles. The van der Waals surface area contributed by atoms with Gasteiger partial charge in [0.05, 0.1) is 40.1 Å². The van der Waals surface area contributed by atoms with Crippen LogP contribution in [0.1, 0.15) is 12.0 Å². The van der Waals surface area contributed by atoms with Crippen molar-refractivity contribution in [3.8, 4) is 0 Å². The van der Waals surface area contributed by atoms with Crippen molar-refractivity contribution >= 4 is 57.5 Å². The molecule has 4 rings (SSSR count). The number of hydrogen-bond donors (Lipinski definition) is 0. The molecule has 1 aliphatic rings. The van der Waals surface area contributed by atoms with Crippen molar-refractivity contribution < 1.29 is 8.78 Å². The van der Waals surface area contributed by atoms with Crippen molar-refractivity contribution in [1.29, 1.82) is 0 Å². The van der Waals surface area contributed by atoms with Gasteiger partial charge in [-0.2, -0.15) is 4.98 Å². The van der Waals surface area contributed by atoms with E-state index in [-0.39, 0.29) is 16.7 Å². The zero-order valence-corrected chi connectivity index (χ0v) is 15.2. The first-order valence-electron chi connectivity index (χ1n) is 8.39. The quantitative estimate of drug-likeness (QED) is 0.494. The van der Waals surface area contributed by atoms with Crippen molar-refractivity contribution in [2.24, 2.45) is 0 Å². The Morgan fingerprint density at radius 1 is 1.18 bits per heavy atom. The fourth-order valence-corrected chi connectivity index (χ4v) is 3.75. The highest BCUT2D eigenvalue weighted by Gasteiger charge is 2.28. The van der Waals surface area contributed by atoms with Crippen LogP contribution in [0.15, 0.2) is 29.2 Å². The lowest BCUT2D eigenvalue weighted by Crippen LogP contribution is -2.44. The van der Waals surface area contributed by atoms with Crippen LogP contribution in [0.5, 0.6) is 0 Å². The van der Waals surface area contributed by atoms with E-state index in [2.05, 4.69) is 9.97 Å². The number of nitrogens with zero attached hydrogens (tertiary/aromatic N) is 4. The molecule has 0 saturated carbocycles. The lowest BCUT2D eigenvalue weighted by atomic mass is 9.49. The van der Waals surface area contributed by atoms with Gasteiger partial charge in [0.15, 0.2) is 17.5 Å². The summed E-state index contributed by atoms with van der Waals surface area (Å²) < 4.78 is 29.6. The second-order valence-corrected chi connectivity index (χ2v) is 6.91. The Morgan fingerprint density at radius 2 is 1.93 bits per heavy atom. The molecule has 0 N–H and O–H groups in total. The van der Waals surface area contributed by atoms with Gasteiger partial charge in [0.25, 0.3) is 0 Å². The third-order valence-electron chi connectivity index (χ3n) is 4.65. The van der Waals surface area contributed by atoms with Gasteiger partial charge in [-0.25, -0.2) is 18.6 Å². The molecule has 1 aliphatic heterocycles. The highest BCUT2D eigenvalue weighted by Crippen LogP contribution is 2.38. The summed E-state index contributed by atoms with van der Waals surface area (Å²) in [6.45, 7) is 0.411. The van der Waals surface area contributed by atoms with Crippen molar-refractivity contribution in [3.63, 3.8) is 0 Å². The Bertz CT molecular complexity index is 1170. The molecule has 28 heavy (non-hydrogen) atoms. The van der Waals surface area contributed by atoms with E-state index in [0.717, 1.165) is 16.2 Å². The lowest BCUT2D eigenvalue weighted by molar-refractivity contribution is 0.515. The Labute approximate surface area is 168 Å². The monoisotopic (exact) mass is 392 g/mol. The highest BCUT2D eigenvalue weighted by molar-refractivity contribution is 6.56. The van der Waals surface area contributed by atoms with Crippen LogP contribution in [0.3, 0.4) is 0 Å². The second-order valence-electron chi connectivity index (χ2n) is 6.55. The smallest absolute Gasteiger partial charge is 0.325 e. The lowest BCUT2D eigenvalue weighted by Gasteiger charge is -2.33. The summed E-state index contributed by atoms with van der Waals surface area (Å²) in [5, 5.41) is -2.11. The van der Waals surface area contributed by atoms with E-state index < -0.39 is 22.6 Å². The number of halogens is 3. The normalized spacial score (nSPS) is 14.3. The van der Waals surface area contributed by atoms with Gasteiger partial charge < -0.3 is 9.47 Å². The molecule has 3 aromatic rings. The number of fused-ring (bicyclic) bond motifs is 2. The summed E-state index contributed by atoms with van der Waals surface area (Å²) in [6, 6.07) is 3.73. The Morgan fingerprint density at radius 3 is 2.64 bits per heavy atom. The van der Waals surface area contributed by atoms with E-state index in [4.69, 9.17) is 35.1 Å². The molecule has 6 radical (unpaired) electrons. The topological polar surface area (TPSA) is 51.0 Å². The molecule has 0 amide bonds. The van der Waals surface area contributed by atoms with Gasteiger partial charge in [-0.05, 0) is 31.0 Å². The van der Waals surface area contributed by atoms with Gasteiger partial charge in [-0.15, -0.1) is 0 Å². The number of rotatable bonds is 2. The fourth-order valence-electron chi connectivity index (χ4n) is 3.50. The van der Waals surface area contributed by atoms with Gasteiger partial charge in [-0.1, -0.05) is 16.8 Å². The average Bonchev–Trinajstić information content (AvgIpc) is 2.63. The average molecular weight is 392 g/mol. The number of anilines is 2. The summed E-state index contributed by atoms with van der Waals surface area (Å²) in [5.41, 5.74) is 0.375. The molecule has 0 saturated heterocycles. The Balaban J connectivity index is 2.10. The van der Waals surface area contributed by atoms with Crippen LogP contribution >= 0.6 is 11.6 Å². The maximum Gasteiger partial charge on any atom is 0.348 e. The van der Waals surface area contributed by atoms with Crippen LogP contribution in [-0.4, -0.2) is 44.6 Å². The zero-order chi connectivity index (χ0) is 20.2. The molecule has 0 spiro atoms. The van der Waals surface area contributed by atoms with Gasteiger partial charge >= 0.3 is 5.69 Å². The first-order valence-corrected chi connectivity index (χ1v) is 8.76. The predicted molar refractivity (Wildman–Crippen MR) is 106 cm³/mol. The summed E-state index contributed by atoms with van der Waals surface area (Å²) >= 11 is 6.18. The van der Waals surface area contributed by atoms with Crippen LogP contribution in [0, 0.1) is 11.6 Å². The van der Waals surface area contributed by atoms with E-state index in [0.29, 0.717) is 30.2 Å². The first kappa shape index (κ1) is 19.0. The van der Waals surface area contributed by atoms with E-state index in [1.165, 1.54) is 12.3 Å². The number of hydrogen-bond acceptors (Lipinski definition) is 4. The third-order valence-corrected chi connectivity index (χ3v) is 4.98. The van der Waals surface area contributed by atoms with Crippen molar-refractivity contribution in [1.82, 2.24) is 14.5 Å². The standard InChI is InChI=1S/C17H10B3ClF2N4O/c18-17(19,20)27-11-4-3-9(22)13(23)12(11)15(25-16(27)28)26-7-1-2-8-10(26)5-6-24-14(8)21/h3-6H,1-2,7H2. The van der Waals surface area contributed by atoms with Gasteiger partial charge in [0, 0.05) is 18.3 Å². The molecule has 0 bridgehead atoms. The van der Waals surface area contributed by atoms with E-state index >= 15 is 0 Å². The molecule has 1 aromatic carbocycles. The van der Waals surface area contributed by atoms with Gasteiger partial charge in [0.2, 0.25) is 0 Å². The zero-order valence-electron chi connectivity index (χ0n) is 14.5. The molecule has 0 fully saturated rings. The van der Waals surface area contributed by atoms with Crippen LogP contribution < -0.4 is 10.6 Å². The fraction of sp³-hybridized carbons (Fsp3) is 0.235. The molecular formula is C17H10B3ClF2N4O. The minimum absolute atomic E-state index is 0.0688.